The number of para-hydroxylation sites is 1. The first-order chi connectivity index (χ1) is 33.5. The molecular weight excluding hydrogens is 819 g/mol. The van der Waals surface area contributed by atoms with Crippen molar-refractivity contribution in [2.45, 2.75) is 19.3 Å². The molecule has 0 aliphatic heterocycles. The third-order valence-corrected chi connectivity index (χ3v) is 14.6. The summed E-state index contributed by atoms with van der Waals surface area (Å²) in [7, 11) is 0. The average molecular weight is 866 g/mol. The maximum atomic E-state index is 2.46. The Balaban J connectivity index is 1.08. The Kier molecular flexibility index (Phi) is 9.27. The summed E-state index contributed by atoms with van der Waals surface area (Å²) in [6, 6.07) is 92.1. The van der Waals surface area contributed by atoms with Crippen LogP contribution in [-0.2, 0) is 5.41 Å². The van der Waals surface area contributed by atoms with Gasteiger partial charge in [-0.25, -0.2) is 0 Å². The zero-order valence-electron chi connectivity index (χ0n) is 38.1. The number of nitrogens with zero attached hydrogens (tertiary/aromatic N) is 1. The van der Waals surface area contributed by atoms with E-state index in [9.17, 15) is 0 Å². The Hall–Kier alpha value is -8.52. The molecule has 1 nitrogen and oxygen atoms in total. The van der Waals surface area contributed by atoms with Crippen LogP contribution in [0.5, 0.6) is 0 Å². The van der Waals surface area contributed by atoms with Gasteiger partial charge in [0.25, 0.3) is 0 Å². The van der Waals surface area contributed by atoms with Gasteiger partial charge in [0, 0.05) is 22.2 Å². The number of hydrogen-bond donors (Lipinski definition) is 0. The van der Waals surface area contributed by atoms with Crippen LogP contribution < -0.4 is 4.90 Å². The van der Waals surface area contributed by atoms with Crippen molar-refractivity contribution >= 4 is 60.2 Å². The molecule has 0 bridgehead atoms. The molecule has 0 amide bonds. The summed E-state index contributed by atoms with van der Waals surface area (Å²) in [4.78, 5) is 2.39. The first-order valence-electron chi connectivity index (χ1n) is 23.8. The predicted octanol–water partition coefficient (Wildman–Crippen LogP) is 18.7. The topological polar surface area (TPSA) is 3.24 Å². The van der Waals surface area contributed by atoms with Crippen LogP contribution in [0.25, 0.3) is 98.7 Å². The van der Waals surface area contributed by atoms with Gasteiger partial charge >= 0.3 is 0 Å². The van der Waals surface area contributed by atoms with Gasteiger partial charge in [-0.2, -0.15) is 0 Å². The quantitative estimate of drug-likeness (QED) is 0.144. The monoisotopic (exact) mass is 865 g/mol. The molecule has 12 aromatic rings. The second kappa shape index (κ2) is 15.8. The highest BCUT2D eigenvalue weighted by Gasteiger charge is 2.35. The van der Waals surface area contributed by atoms with Crippen LogP contribution in [0.2, 0.25) is 0 Å². The molecule has 12 aromatic carbocycles. The second-order valence-electron chi connectivity index (χ2n) is 18.8. The highest BCUT2D eigenvalue weighted by molar-refractivity contribution is 6.33. The lowest BCUT2D eigenvalue weighted by Gasteiger charge is -2.27. The summed E-state index contributed by atoms with van der Waals surface area (Å²) in [5, 5.41) is 9.96. The third kappa shape index (κ3) is 6.31. The van der Waals surface area contributed by atoms with Crippen LogP contribution in [0.15, 0.2) is 249 Å². The van der Waals surface area contributed by atoms with E-state index in [0.717, 1.165) is 17.1 Å². The van der Waals surface area contributed by atoms with Gasteiger partial charge in [-0.3, -0.25) is 0 Å². The normalized spacial score (nSPS) is 12.7. The standard InChI is InChI=1S/C67H47N/c1-67(2)61-31-17-16-29-54(61)55-39-35-49(42-62(55)67)48-36-40-57-60(41-48)53-28-14-15-30-56(53)65-59(46-21-8-4-9-22-46)43-58(45-19-6-3-7-20-45)64(66(57)65)47-33-37-51(38-34-47)68(50-25-10-5-11-26-50)63-32-18-24-44-23-12-13-27-52(44)63/h3-43H,1-2H3. The van der Waals surface area contributed by atoms with E-state index in [1.54, 1.807) is 0 Å². The first kappa shape index (κ1) is 39.8. The van der Waals surface area contributed by atoms with Gasteiger partial charge in [0.1, 0.15) is 0 Å². The molecule has 0 unspecified atom stereocenters. The highest BCUT2D eigenvalue weighted by atomic mass is 15.1. The summed E-state index contributed by atoms with van der Waals surface area (Å²) in [5.41, 5.74) is 18.4. The minimum absolute atomic E-state index is 0.0825. The van der Waals surface area contributed by atoms with E-state index in [0.29, 0.717) is 0 Å². The van der Waals surface area contributed by atoms with Gasteiger partial charge in [-0.1, -0.05) is 214 Å². The van der Waals surface area contributed by atoms with Crippen LogP contribution in [0.4, 0.5) is 17.1 Å². The van der Waals surface area contributed by atoms with E-state index >= 15 is 0 Å². The minimum Gasteiger partial charge on any atom is -0.310 e. The molecule has 0 heterocycles. The fourth-order valence-electron chi connectivity index (χ4n) is 11.4. The van der Waals surface area contributed by atoms with Gasteiger partial charge in [-0.15, -0.1) is 0 Å². The molecule has 0 aromatic heterocycles. The smallest absolute Gasteiger partial charge is 0.0540 e. The van der Waals surface area contributed by atoms with E-state index in [2.05, 4.69) is 267 Å². The van der Waals surface area contributed by atoms with Crippen molar-refractivity contribution in [3.63, 3.8) is 0 Å². The van der Waals surface area contributed by atoms with Gasteiger partial charge < -0.3 is 4.90 Å². The van der Waals surface area contributed by atoms with Crippen molar-refractivity contribution in [3.05, 3.63) is 260 Å². The van der Waals surface area contributed by atoms with E-state index in [1.165, 1.54) is 110 Å². The van der Waals surface area contributed by atoms with Gasteiger partial charge in [0.15, 0.2) is 0 Å². The van der Waals surface area contributed by atoms with Crippen molar-refractivity contribution in [2.24, 2.45) is 0 Å². The molecule has 1 aliphatic rings. The molecule has 1 aliphatic carbocycles. The van der Waals surface area contributed by atoms with Gasteiger partial charge in [0.2, 0.25) is 0 Å². The fraction of sp³-hybridized carbons (Fsp3) is 0.0448. The van der Waals surface area contributed by atoms with Crippen molar-refractivity contribution in [3.8, 4) is 55.6 Å². The third-order valence-electron chi connectivity index (χ3n) is 14.6. The van der Waals surface area contributed by atoms with E-state index in [4.69, 9.17) is 0 Å². The molecule has 0 radical (unpaired) electrons. The molecule has 0 N–H and O–H groups in total. The Morgan fingerprint density at radius 1 is 0.294 bits per heavy atom. The van der Waals surface area contributed by atoms with Crippen LogP contribution in [-0.4, -0.2) is 0 Å². The minimum atomic E-state index is -0.0825. The average Bonchev–Trinajstić information content (AvgIpc) is 3.64. The maximum absolute atomic E-state index is 2.46. The fourth-order valence-corrected chi connectivity index (χ4v) is 11.4. The zero-order chi connectivity index (χ0) is 45.3. The molecule has 0 fully saturated rings. The molecular formula is C67H47N. The van der Waals surface area contributed by atoms with E-state index in [-0.39, 0.29) is 5.41 Å². The van der Waals surface area contributed by atoms with Crippen LogP contribution in [0, 0.1) is 0 Å². The van der Waals surface area contributed by atoms with E-state index < -0.39 is 0 Å². The van der Waals surface area contributed by atoms with Crippen LogP contribution >= 0.6 is 0 Å². The number of fused-ring (bicyclic) bond motifs is 10. The van der Waals surface area contributed by atoms with Crippen LogP contribution in [0.3, 0.4) is 0 Å². The first-order valence-corrected chi connectivity index (χ1v) is 23.8. The molecule has 0 spiro atoms. The highest BCUT2D eigenvalue weighted by Crippen LogP contribution is 2.52. The molecule has 0 saturated carbocycles. The Morgan fingerprint density at radius 2 is 0.838 bits per heavy atom. The molecule has 320 valence electrons. The zero-order valence-corrected chi connectivity index (χ0v) is 38.1. The molecule has 1 heteroatoms. The molecule has 0 atom stereocenters. The summed E-state index contributed by atoms with van der Waals surface area (Å²) >= 11 is 0. The molecule has 13 rings (SSSR count). The van der Waals surface area contributed by atoms with Crippen molar-refractivity contribution < 1.29 is 0 Å². The molecule has 0 saturated heterocycles. The lowest BCUT2D eigenvalue weighted by molar-refractivity contribution is 0.660. The summed E-state index contributed by atoms with van der Waals surface area (Å²) in [6.45, 7) is 4.74. The van der Waals surface area contributed by atoms with E-state index in [1.807, 2.05) is 0 Å². The van der Waals surface area contributed by atoms with Crippen molar-refractivity contribution in [1.29, 1.82) is 0 Å². The number of rotatable bonds is 7. The van der Waals surface area contributed by atoms with Gasteiger partial charge in [0.05, 0.1) is 5.69 Å². The van der Waals surface area contributed by atoms with Gasteiger partial charge in [-0.05, 0) is 153 Å². The predicted molar refractivity (Wildman–Crippen MR) is 290 cm³/mol. The van der Waals surface area contributed by atoms with Crippen LogP contribution in [0.1, 0.15) is 25.0 Å². The molecule has 68 heavy (non-hydrogen) atoms. The lowest BCUT2D eigenvalue weighted by atomic mass is 9.80. The Labute approximate surface area is 397 Å². The summed E-state index contributed by atoms with van der Waals surface area (Å²) in [6.07, 6.45) is 0. The number of hydrogen-bond acceptors (Lipinski definition) is 1. The largest absolute Gasteiger partial charge is 0.310 e. The number of benzene rings is 12. The summed E-state index contributed by atoms with van der Waals surface area (Å²) in [5.74, 6) is 0. The SMILES string of the molecule is CC1(C)c2ccccc2-c2ccc(-c3ccc4c(c3)c3ccccc3c3c(-c5ccccc5)cc(-c5ccccc5)c(-c5ccc(N(c6ccccc6)c6cccc7ccccc67)cc5)c43)cc21. The van der Waals surface area contributed by atoms with Crippen molar-refractivity contribution in [2.75, 3.05) is 4.90 Å². The lowest BCUT2D eigenvalue weighted by Crippen LogP contribution is -2.14. The Bertz CT molecular complexity index is 3900. The summed E-state index contributed by atoms with van der Waals surface area (Å²) < 4.78 is 0. The Morgan fingerprint density at radius 3 is 1.60 bits per heavy atom. The second-order valence-corrected chi connectivity index (χ2v) is 18.8. The number of anilines is 3. The maximum Gasteiger partial charge on any atom is 0.0540 e. The van der Waals surface area contributed by atoms with Crippen molar-refractivity contribution in [1.82, 2.24) is 0 Å².